The van der Waals surface area contributed by atoms with E-state index in [0.29, 0.717) is 13.2 Å². The molecule has 0 radical (unpaired) electrons. The number of carbonyl (C=O) groups is 3. The Morgan fingerprint density at radius 3 is 2.14 bits per heavy atom. The van der Waals surface area contributed by atoms with E-state index in [1.54, 1.807) is 13.8 Å². The van der Waals surface area contributed by atoms with Gasteiger partial charge in [-0.1, -0.05) is 0 Å². The summed E-state index contributed by atoms with van der Waals surface area (Å²) < 4.78 is 4.77. The molecular weight excluding hydrogens is 278 g/mol. The second-order valence-corrected chi connectivity index (χ2v) is 5.71. The molecule has 0 aliphatic rings. The smallest absolute Gasteiger partial charge is 0.315 e. The fraction of sp³-hybridized carbons (Fsp3) is 0.769. The third-order valence-corrected chi connectivity index (χ3v) is 3.56. The van der Waals surface area contributed by atoms with Crippen LogP contribution in [0.15, 0.2) is 0 Å². The monoisotopic (exact) mass is 303 g/mol. The van der Waals surface area contributed by atoms with Crippen LogP contribution in [0.1, 0.15) is 27.7 Å². The maximum atomic E-state index is 11.7. The van der Waals surface area contributed by atoms with Gasteiger partial charge in [0.25, 0.3) is 0 Å². The molecule has 0 atom stereocenters. The van der Waals surface area contributed by atoms with E-state index >= 15 is 0 Å². The Bertz CT molecular complexity index is 393. The highest BCUT2D eigenvalue weighted by Crippen LogP contribution is 2.30. The summed E-state index contributed by atoms with van der Waals surface area (Å²) in [6, 6.07) is -0.601. The molecule has 0 bridgehead atoms. The molecule has 8 nitrogen and oxygen atoms in total. The molecule has 0 aliphatic heterocycles. The Hall–Kier alpha value is -1.83. The van der Waals surface area contributed by atoms with Crippen LogP contribution in [0, 0.1) is 5.41 Å². The number of hydrogen-bond donors (Lipinski definition) is 4. The van der Waals surface area contributed by atoms with E-state index in [1.807, 2.05) is 0 Å². The van der Waals surface area contributed by atoms with Crippen molar-refractivity contribution in [1.29, 1.82) is 0 Å². The maximum absolute atomic E-state index is 11.7. The molecule has 0 rings (SSSR count). The van der Waals surface area contributed by atoms with Crippen LogP contribution in [-0.2, 0) is 14.3 Å². The molecule has 122 valence electrons. The van der Waals surface area contributed by atoms with Crippen LogP contribution in [-0.4, -0.2) is 55.4 Å². The molecule has 0 unspecified atom stereocenters. The zero-order valence-electron chi connectivity index (χ0n) is 13.2. The van der Waals surface area contributed by atoms with Crippen LogP contribution in [0.5, 0.6) is 0 Å². The number of carboxylic acid groups (broad SMARTS) is 1. The Morgan fingerprint density at radius 2 is 1.67 bits per heavy atom. The van der Waals surface area contributed by atoms with Crippen LogP contribution in [0.2, 0.25) is 0 Å². The van der Waals surface area contributed by atoms with Gasteiger partial charge in [0.2, 0.25) is 5.91 Å². The molecule has 0 heterocycles. The first kappa shape index (κ1) is 19.2. The van der Waals surface area contributed by atoms with Crippen molar-refractivity contribution in [3.8, 4) is 0 Å². The molecule has 0 spiro atoms. The van der Waals surface area contributed by atoms with Gasteiger partial charge < -0.3 is 25.8 Å². The van der Waals surface area contributed by atoms with Crippen LogP contribution < -0.4 is 16.0 Å². The summed E-state index contributed by atoms with van der Waals surface area (Å²) in [6.07, 6.45) is 0. The van der Waals surface area contributed by atoms with Crippen molar-refractivity contribution >= 4 is 17.9 Å². The van der Waals surface area contributed by atoms with E-state index in [1.165, 1.54) is 21.0 Å². The molecule has 0 aromatic carbocycles. The van der Waals surface area contributed by atoms with E-state index in [9.17, 15) is 19.5 Å². The summed E-state index contributed by atoms with van der Waals surface area (Å²) in [6.45, 7) is 6.81. The molecular formula is C13H25N3O5. The van der Waals surface area contributed by atoms with Gasteiger partial charge in [-0.05, 0) is 27.7 Å². The summed E-state index contributed by atoms with van der Waals surface area (Å²) in [4.78, 5) is 34.3. The number of urea groups is 1. The third-order valence-electron chi connectivity index (χ3n) is 3.56. The van der Waals surface area contributed by atoms with Crippen molar-refractivity contribution < 1.29 is 24.2 Å². The SMILES string of the molecule is COCCNC(=O)CNC(=O)NC(C)(C)C(C)(C)C(=O)O. The van der Waals surface area contributed by atoms with Gasteiger partial charge in [0, 0.05) is 13.7 Å². The normalized spacial score (nSPS) is 11.7. The largest absolute Gasteiger partial charge is 0.481 e. The number of amides is 3. The number of nitrogens with one attached hydrogen (secondary N) is 3. The highest BCUT2D eigenvalue weighted by atomic mass is 16.5. The quantitative estimate of drug-likeness (QED) is 0.469. The summed E-state index contributed by atoms with van der Waals surface area (Å²) in [7, 11) is 1.52. The van der Waals surface area contributed by atoms with Crippen molar-refractivity contribution in [1.82, 2.24) is 16.0 Å². The number of ether oxygens (including phenoxy) is 1. The number of methoxy groups -OCH3 is 1. The minimum Gasteiger partial charge on any atom is -0.481 e. The first-order valence-corrected chi connectivity index (χ1v) is 6.59. The number of hydrogen-bond acceptors (Lipinski definition) is 4. The molecule has 0 saturated carbocycles. The molecule has 3 amide bonds. The first-order valence-electron chi connectivity index (χ1n) is 6.59. The minimum absolute atomic E-state index is 0.195. The van der Waals surface area contributed by atoms with E-state index in [0.717, 1.165) is 0 Å². The molecule has 0 aromatic rings. The fourth-order valence-corrected chi connectivity index (χ4v) is 1.27. The highest BCUT2D eigenvalue weighted by Gasteiger charge is 2.44. The standard InChI is InChI=1S/C13H25N3O5/c1-12(2,10(18)19)13(3,4)16-11(20)15-8-9(17)14-6-7-21-5/h6-8H2,1-5H3,(H,14,17)(H,18,19)(H2,15,16,20). The minimum atomic E-state index is -1.16. The number of carbonyl (C=O) groups excluding carboxylic acids is 2. The van der Waals surface area contributed by atoms with Gasteiger partial charge in [-0.15, -0.1) is 0 Å². The zero-order chi connectivity index (χ0) is 16.7. The number of carboxylic acids is 1. The second-order valence-electron chi connectivity index (χ2n) is 5.71. The van der Waals surface area contributed by atoms with Gasteiger partial charge >= 0.3 is 12.0 Å². The molecule has 0 saturated heterocycles. The van der Waals surface area contributed by atoms with Gasteiger partial charge in [0.15, 0.2) is 0 Å². The summed E-state index contributed by atoms with van der Waals surface area (Å²) in [5.41, 5.74) is -2.15. The molecule has 21 heavy (non-hydrogen) atoms. The van der Waals surface area contributed by atoms with Gasteiger partial charge in [-0.3, -0.25) is 9.59 Å². The Morgan fingerprint density at radius 1 is 1.10 bits per heavy atom. The van der Waals surface area contributed by atoms with Gasteiger partial charge in [-0.25, -0.2) is 4.79 Å². The van der Waals surface area contributed by atoms with Crippen molar-refractivity contribution in [3.63, 3.8) is 0 Å². The average Bonchev–Trinajstić information content (AvgIpc) is 2.35. The zero-order valence-corrected chi connectivity index (χ0v) is 13.2. The van der Waals surface area contributed by atoms with E-state index in [4.69, 9.17) is 4.74 Å². The van der Waals surface area contributed by atoms with E-state index in [-0.39, 0.29) is 12.5 Å². The lowest BCUT2D eigenvalue weighted by Crippen LogP contribution is -2.59. The Labute approximate surface area is 124 Å². The van der Waals surface area contributed by atoms with Crippen LogP contribution >= 0.6 is 0 Å². The lowest BCUT2D eigenvalue weighted by molar-refractivity contribution is -0.150. The molecule has 0 aliphatic carbocycles. The third kappa shape index (κ3) is 5.99. The molecule has 8 heteroatoms. The second kappa shape index (κ2) is 7.82. The van der Waals surface area contributed by atoms with Gasteiger partial charge in [0.1, 0.15) is 0 Å². The van der Waals surface area contributed by atoms with Gasteiger partial charge in [-0.2, -0.15) is 0 Å². The van der Waals surface area contributed by atoms with E-state index < -0.39 is 23.0 Å². The average molecular weight is 303 g/mol. The predicted molar refractivity (Wildman–Crippen MR) is 76.9 cm³/mol. The predicted octanol–water partition coefficient (Wildman–Crippen LogP) is -0.0624. The lowest BCUT2D eigenvalue weighted by atomic mass is 9.74. The van der Waals surface area contributed by atoms with Crippen LogP contribution in [0.3, 0.4) is 0 Å². The van der Waals surface area contributed by atoms with E-state index in [2.05, 4.69) is 16.0 Å². The highest BCUT2D eigenvalue weighted by molar-refractivity contribution is 5.85. The van der Waals surface area contributed by atoms with Crippen molar-refractivity contribution in [2.75, 3.05) is 26.8 Å². The van der Waals surface area contributed by atoms with Crippen LogP contribution in [0.4, 0.5) is 4.79 Å². The molecule has 0 aromatic heterocycles. The first-order chi connectivity index (χ1) is 9.54. The number of rotatable bonds is 8. The lowest BCUT2D eigenvalue weighted by Gasteiger charge is -2.38. The Balaban J connectivity index is 4.31. The van der Waals surface area contributed by atoms with Crippen LogP contribution in [0.25, 0.3) is 0 Å². The summed E-state index contributed by atoms with van der Waals surface area (Å²) >= 11 is 0. The van der Waals surface area contributed by atoms with Crippen molar-refractivity contribution in [2.45, 2.75) is 33.2 Å². The van der Waals surface area contributed by atoms with Gasteiger partial charge in [0.05, 0.1) is 24.1 Å². The summed E-state index contributed by atoms with van der Waals surface area (Å²) in [5, 5.41) is 16.7. The molecule has 4 N–H and O–H groups in total. The van der Waals surface area contributed by atoms with Crippen molar-refractivity contribution in [3.05, 3.63) is 0 Å². The molecule has 0 fully saturated rings. The Kier molecular flexibility index (Phi) is 7.14. The number of aliphatic carboxylic acids is 1. The maximum Gasteiger partial charge on any atom is 0.315 e. The van der Waals surface area contributed by atoms with Crippen molar-refractivity contribution in [2.24, 2.45) is 5.41 Å². The fourth-order valence-electron chi connectivity index (χ4n) is 1.27. The summed E-state index contributed by atoms with van der Waals surface area (Å²) in [5.74, 6) is -1.37. The topological polar surface area (TPSA) is 117 Å².